The number of carbonyl (C=O) groups excluding carboxylic acids is 1. The lowest BCUT2D eigenvalue weighted by atomic mass is 9.64. The average molecular weight is 536 g/mol. The molecule has 1 unspecified atom stereocenters. The number of rotatable bonds is 7. The van der Waals surface area contributed by atoms with Crippen LogP contribution in [0.2, 0.25) is 5.02 Å². The Bertz CT molecular complexity index is 986. The number of carbonyl (C=O) groups is 1. The van der Waals surface area contributed by atoms with Gasteiger partial charge in [0, 0.05) is 59.7 Å². The first-order valence-electron chi connectivity index (χ1n) is 13.0. The summed E-state index contributed by atoms with van der Waals surface area (Å²) in [5.41, 5.74) is 7.79. The number of benzene rings is 1. The van der Waals surface area contributed by atoms with Crippen molar-refractivity contribution in [1.82, 2.24) is 15.5 Å². The Hall–Kier alpha value is -1.41. The van der Waals surface area contributed by atoms with Crippen molar-refractivity contribution in [2.24, 2.45) is 17.1 Å². The van der Waals surface area contributed by atoms with Gasteiger partial charge in [-0.3, -0.25) is 9.69 Å². The maximum Gasteiger partial charge on any atom is 0.237 e. The second kappa shape index (κ2) is 11.5. The summed E-state index contributed by atoms with van der Waals surface area (Å²) >= 11 is 12.7. The Morgan fingerprint density at radius 3 is 2.67 bits per heavy atom. The second-order valence-corrected chi connectivity index (χ2v) is 12.4. The maximum absolute atomic E-state index is 13.7. The predicted octanol–water partition coefficient (Wildman–Crippen LogP) is 4.04. The molecule has 0 bridgehead atoms. The third-order valence-corrected chi connectivity index (χ3v) is 8.21. The van der Waals surface area contributed by atoms with E-state index in [-0.39, 0.29) is 29.2 Å². The number of halogens is 2. The van der Waals surface area contributed by atoms with E-state index in [1.807, 2.05) is 36.4 Å². The highest BCUT2D eigenvalue weighted by molar-refractivity contribution is 6.31. The summed E-state index contributed by atoms with van der Waals surface area (Å²) in [7, 11) is 0. The molecule has 1 aromatic carbocycles. The number of nitrogens with two attached hydrogens (primary N) is 1. The summed E-state index contributed by atoms with van der Waals surface area (Å²) in [5.74, 6) is -0.255. The number of hydrogen-bond acceptors (Lipinski definition) is 5. The van der Waals surface area contributed by atoms with Crippen LogP contribution in [0.15, 0.2) is 47.5 Å². The Morgan fingerprint density at radius 1 is 1.28 bits per heavy atom. The zero-order valence-electron chi connectivity index (χ0n) is 21.6. The van der Waals surface area contributed by atoms with E-state index in [2.05, 4.69) is 42.4 Å². The highest BCUT2D eigenvalue weighted by Crippen LogP contribution is 2.48. The van der Waals surface area contributed by atoms with E-state index in [0.29, 0.717) is 11.6 Å². The maximum atomic E-state index is 13.7. The molecule has 2 fully saturated rings. The molecule has 5 atom stereocenters. The monoisotopic (exact) mass is 534 g/mol. The van der Waals surface area contributed by atoms with E-state index in [4.69, 9.17) is 33.7 Å². The summed E-state index contributed by atoms with van der Waals surface area (Å²) in [4.78, 5) is 16.1. The van der Waals surface area contributed by atoms with E-state index in [0.717, 1.165) is 56.3 Å². The van der Waals surface area contributed by atoms with Gasteiger partial charge in [0.05, 0.1) is 19.3 Å². The first-order chi connectivity index (χ1) is 17.1. The molecule has 1 aliphatic carbocycles. The van der Waals surface area contributed by atoms with Crippen LogP contribution in [-0.2, 0) is 9.53 Å². The lowest BCUT2D eigenvalue weighted by Crippen LogP contribution is -2.59. The predicted molar refractivity (Wildman–Crippen MR) is 147 cm³/mol. The lowest BCUT2D eigenvalue weighted by molar-refractivity contribution is -0.123. The topological polar surface area (TPSA) is 79.6 Å². The number of hydrogen-bond donors (Lipinski definition) is 3. The number of morpholine rings is 1. The summed E-state index contributed by atoms with van der Waals surface area (Å²) in [6.45, 7) is 11.3. The fraction of sp³-hybridized carbons (Fsp3) is 0.607. The quantitative estimate of drug-likeness (QED) is 0.491. The molecule has 1 amide bonds. The van der Waals surface area contributed by atoms with Crippen molar-refractivity contribution in [2.75, 3.05) is 39.4 Å². The molecule has 3 aliphatic rings. The Morgan fingerprint density at radius 2 is 2.03 bits per heavy atom. The molecule has 2 saturated heterocycles. The number of nitrogens with zero attached hydrogens (tertiary/aromatic N) is 1. The third-order valence-electron chi connectivity index (χ3n) is 7.69. The van der Waals surface area contributed by atoms with Gasteiger partial charge in [-0.05, 0) is 42.0 Å². The molecule has 198 valence electrons. The van der Waals surface area contributed by atoms with Crippen molar-refractivity contribution in [3.63, 3.8) is 0 Å². The molecule has 2 heterocycles. The van der Waals surface area contributed by atoms with Crippen LogP contribution >= 0.6 is 23.2 Å². The number of allylic oxidation sites excluding steroid dienone is 3. The van der Waals surface area contributed by atoms with Gasteiger partial charge in [0.15, 0.2) is 0 Å². The molecule has 6 nitrogen and oxygen atoms in total. The van der Waals surface area contributed by atoms with Crippen molar-refractivity contribution in [3.8, 4) is 0 Å². The van der Waals surface area contributed by atoms with Crippen LogP contribution in [0, 0.1) is 11.3 Å². The molecule has 0 spiro atoms. The molecule has 0 radical (unpaired) electrons. The van der Waals surface area contributed by atoms with Crippen molar-refractivity contribution < 1.29 is 9.53 Å². The van der Waals surface area contributed by atoms with E-state index in [1.54, 1.807) is 0 Å². The number of nitrogens with one attached hydrogen (secondary N) is 2. The number of amides is 1. The van der Waals surface area contributed by atoms with Crippen LogP contribution in [0.5, 0.6) is 0 Å². The van der Waals surface area contributed by atoms with Crippen molar-refractivity contribution in [3.05, 3.63) is 58.1 Å². The standard InChI is InChI=1S/C28H40Cl2N4O2/c1-27(2,3)18-23-28(31,20-7-9-21(29)10-8-20)24(19-5-4-6-22(30)17-19)25(33-23)26(35)32-11-12-34-13-15-36-16-14-34/h4-7,9-10,17,20,23-25,33H,8,11-16,18,31H2,1-3H3,(H,32,35)/t20?,23-,24-,25+,28+/m0/s1. The molecule has 8 heteroatoms. The van der Waals surface area contributed by atoms with Gasteiger partial charge >= 0.3 is 0 Å². The van der Waals surface area contributed by atoms with Crippen LogP contribution in [0.25, 0.3) is 0 Å². The minimum absolute atomic E-state index is 0.0205. The van der Waals surface area contributed by atoms with Gasteiger partial charge in [0.2, 0.25) is 5.91 Å². The fourth-order valence-corrected chi connectivity index (χ4v) is 6.31. The first-order valence-corrected chi connectivity index (χ1v) is 13.8. The van der Waals surface area contributed by atoms with E-state index in [1.165, 1.54) is 0 Å². The van der Waals surface area contributed by atoms with Gasteiger partial charge in [-0.2, -0.15) is 0 Å². The highest BCUT2D eigenvalue weighted by Gasteiger charge is 2.58. The van der Waals surface area contributed by atoms with Gasteiger partial charge in [0.1, 0.15) is 0 Å². The normalized spacial score (nSPS) is 31.3. The minimum Gasteiger partial charge on any atom is -0.379 e. The van der Waals surface area contributed by atoms with Crippen molar-refractivity contribution in [2.45, 2.75) is 57.2 Å². The molecule has 0 saturated carbocycles. The van der Waals surface area contributed by atoms with Crippen LogP contribution < -0.4 is 16.4 Å². The molecule has 4 rings (SSSR count). The molecular weight excluding hydrogens is 495 g/mol. The molecule has 1 aromatic rings. The van der Waals surface area contributed by atoms with Crippen LogP contribution in [0.4, 0.5) is 0 Å². The average Bonchev–Trinajstić information content (AvgIpc) is 3.11. The zero-order chi connectivity index (χ0) is 25.9. The van der Waals surface area contributed by atoms with Gasteiger partial charge in [-0.15, -0.1) is 0 Å². The van der Waals surface area contributed by atoms with Crippen molar-refractivity contribution in [1.29, 1.82) is 0 Å². The molecule has 2 aliphatic heterocycles. The van der Waals surface area contributed by atoms with Gasteiger partial charge in [-0.25, -0.2) is 0 Å². The van der Waals surface area contributed by atoms with E-state index < -0.39 is 11.6 Å². The lowest BCUT2D eigenvalue weighted by Gasteiger charge is -2.44. The van der Waals surface area contributed by atoms with Gasteiger partial charge in [0.25, 0.3) is 0 Å². The summed E-state index contributed by atoms with van der Waals surface area (Å²) in [5, 5.41) is 8.26. The molecular formula is C28H40Cl2N4O2. The summed E-state index contributed by atoms with van der Waals surface area (Å²) in [6, 6.07) is 7.26. The summed E-state index contributed by atoms with van der Waals surface area (Å²) < 4.78 is 5.44. The summed E-state index contributed by atoms with van der Waals surface area (Å²) in [6.07, 6.45) is 7.65. The Labute approximate surface area is 225 Å². The van der Waals surface area contributed by atoms with Crippen molar-refractivity contribution >= 4 is 29.1 Å². The SMILES string of the molecule is CC(C)(C)C[C@@H]1N[C@@H](C(=O)NCCN2CCOCC2)[C@H](c2cccc(Cl)c2)[C@@]1(N)C1C=CC(Cl)=CC1. The Balaban J connectivity index is 1.64. The largest absolute Gasteiger partial charge is 0.379 e. The molecule has 0 aromatic heterocycles. The minimum atomic E-state index is -0.714. The van der Waals surface area contributed by atoms with Crippen LogP contribution in [-0.4, -0.2) is 67.8 Å². The van der Waals surface area contributed by atoms with Crippen LogP contribution in [0.1, 0.15) is 45.1 Å². The van der Waals surface area contributed by atoms with E-state index in [9.17, 15) is 4.79 Å². The number of ether oxygens (including phenoxy) is 1. The first kappa shape index (κ1) is 27.6. The Kier molecular flexibility index (Phi) is 8.86. The van der Waals surface area contributed by atoms with Gasteiger partial charge in [-0.1, -0.05) is 68.3 Å². The second-order valence-electron chi connectivity index (χ2n) is 11.5. The van der Waals surface area contributed by atoms with Gasteiger partial charge < -0.3 is 21.1 Å². The highest BCUT2D eigenvalue weighted by atomic mass is 35.5. The fourth-order valence-electron chi connectivity index (χ4n) is 5.95. The molecule has 36 heavy (non-hydrogen) atoms. The zero-order valence-corrected chi connectivity index (χ0v) is 23.1. The third kappa shape index (κ3) is 6.35. The van der Waals surface area contributed by atoms with E-state index >= 15 is 0 Å². The van der Waals surface area contributed by atoms with Crippen LogP contribution in [0.3, 0.4) is 0 Å². The molecule has 4 N–H and O–H groups in total. The smallest absolute Gasteiger partial charge is 0.237 e.